The van der Waals surface area contributed by atoms with Crippen LogP contribution in [0.5, 0.6) is 0 Å². The molecule has 27 heavy (non-hydrogen) atoms. The molecule has 0 N–H and O–H groups in total. The maximum Gasteiger partial charge on any atom is 0.260 e. The number of hydrogen-bond donors (Lipinski definition) is 0. The Balaban J connectivity index is -0.000000638. The zero-order valence-corrected chi connectivity index (χ0v) is 19.0. The van der Waals surface area contributed by atoms with Crippen molar-refractivity contribution in [1.29, 1.82) is 0 Å². The van der Waals surface area contributed by atoms with Crippen molar-refractivity contribution in [2.45, 2.75) is 61.2 Å². The van der Waals surface area contributed by atoms with Crippen LogP contribution >= 0.6 is 0 Å². The molecule has 0 unspecified atom stereocenters. The molecule has 0 amide bonds. The lowest BCUT2D eigenvalue weighted by Gasteiger charge is -2.29. The van der Waals surface area contributed by atoms with Crippen molar-refractivity contribution < 1.29 is 14.3 Å². The van der Waals surface area contributed by atoms with E-state index in [0.29, 0.717) is 11.1 Å². The van der Waals surface area contributed by atoms with Gasteiger partial charge in [0.2, 0.25) is 5.78 Å². The quantitative estimate of drug-likeness (QED) is 0.411. The molecular weight excluding hydrogens is 336 g/mol. The van der Waals surface area contributed by atoms with Crippen LogP contribution in [0.2, 0.25) is 0 Å². The van der Waals surface area contributed by atoms with Crippen LogP contribution in [0.15, 0.2) is 60.7 Å². The number of rotatable bonds is 5. The van der Waals surface area contributed by atoms with Gasteiger partial charge in [-0.15, -0.1) is 0 Å². The van der Waals surface area contributed by atoms with Gasteiger partial charge in [-0.25, -0.2) is 0 Å². The van der Waals surface area contributed by atoms with Gasteiger partial charge in [0.25, 0.3) is 5.79 Å². The first-order valence-electron chi connectivity index (χ1n) is 10.0. The summed E-state index contributed by atoms with van der Waals surface area (Å²) in [6.45, 7) is 16.0. The summed E-state index contributed by atoms with van der Waals surface area (Å²) >= 11 is 0. The van der Waals surface area contributed by atoms with Crippen molar-refractivity contribution in [3.8, 4) is 0 Å². The van der Waals surface area contributed by atoms with Gasteiger partial charge in [0.15, 0.2) is 0 Å². The second-order valence-electron chi connectivity index (χ2n) is 4.09. The predicted molar refractivity (Wildman–Crippen MR) is 118 cm³/mol. The van der Waals surface area contributed by atoms with E-state index in [9.17, 15) is 4.79 Å². The highest BCUT2D eigenvalue weighted by Crippen LogP contribution is 2.30. The smallest absolute Gasteiger partial charge is 0.260 e. The Morgan fingerprint density at radius 2 is 0.963 bits per heavy atom. The summed E-state index contributed by atoms with van der Waals surface area (Å²) < 4.78 is 10.8. The van der Waals surface area contributed by atoms with Crippen LogP contribution in [0.4, 0.5) is 0 Å². The summed E-state index contributed by atoms with van der Waals surface area (Å²) in [6.07, 6.45) is 0. The Morgan fingerprint density at radius 1 is 0.630 bits per heavy atom. The molecule has 0 saturated carbocycles. The van der Waals surface area contributed by atoms with E-state index in [1.54, 1.807) is 12.1 Å². The summed E-state index contributed by atoms with van der Waals surface area (Å²) in [4.78, 5) is 12.7. The topological polar surface area (TPSA) is 35.5 Å². The average molecular weight is 377 g/mol. The molecule has 0 aromatic heterocycles. The highest BCUT2D eigenvalue weighted by molar-refractivity contribution is 6.02. The second kappa shape index (κ2) is 20.3. The molecular formula is C24H40O3. The zero-order chi connectivity index (χ0) is 21.7. The minimum atomic E-state index is -1.40. The number of ketones is 1. The molecule has 0 saturated heterocycles. The van der Waals surface area contributed by atoms with E-state index in [4.69, 9.17) is 9.47 Å². The lowest BCUT2D eigenvalue weighted by Crippen LogP contribution is -2.39. The average Bonchev–Trinajstić information content (AvgIpc) is 2.81. The molecule has 0 heterocycles. The van der Waals surface area contributed by atoms with Gasteiger partial charge >= 0.3 is 0 Å². The SMILES string of the molecule is CC.CC.CC.CC.COC(OC)(C(=O)c1ccccc1)c1ccccc1. The maximum atomic E-state index is 12.7. The number of ether oxygens (including phenoxy) is 2. The first kappa shape index (κ1) is 29.8. The van der Waals surface area contributed by atoms with Gasteiger partial charge < -0.3 is 9.47 Å². The van der Waals surface area contributed by atoms with E-state index in [1.807, 2.05) is 104 Å². The molecule has 0 aliphatic carbocycles. The molecule has 0 fully saturated rings. The van der Waals surface area contributed by atoms with Crippen molar-refractivity contribution in [1.82, 2.24) is 0 Å². The van der Waals surface area contributed by atoms with Crippen LogP contribution in [-0.4, -0.2) is 20.0 Å². The number of benzene rings is 2. The molecule has 154 valence electrons. The van der Waals surface area contributed by atoms with E-state index >= 15 is 0 Å². The Labute approximate surface area is 167 Å². The van der Waals surface area contributed by atoms with Gasteiger partial charge in [0.05, 0.1) is 0 Å². The van der Waals surface area contributed by atoms with Crippen LogP contribution in [0.1, 0.15) is 71.3 Å². The van der Waals surface area contributed by atoms with Crippen LogP contribution in [-0.2, 0) is 15.3 Å². The third-order valence-electron chi connectivity index (χ3n) is 3.06. The Morgan fingerprint density at radius 3 is 1.30 bits per heavy atom. The van der Waals surface area contributed by atoms with Crippen LogP contribution in [0.25, 0.3) is 0 Å². The van der Waals surface area contributed by atoms with Gasteiger partial charge in [-0.3, -0.25) is 4.79 Å². The van der Waals surface area contributed by atoms with Crippen LogP contribution in [0.3, 0.4) is 0 Å². The lowest BCUT2D eigenvalue weighted by molar-refractivity contribution is -0.176. The molecule has 0 bridgehead atoms. The Bertz CT molecular complexity index is 532. The minimum Gasteiger partial charge on any atom is -0.343 e. The zero-order valence-electron chi connectivity index (χ0n) is 19.0. The molecule has 0 atom stereocenters. The molecule has 2 aromatic rings. The van der Waals surface area contributed by atoms with Gasteiger partial charge in [-0.05, 0) is 0 Å². The first-order valence-corrected chi connectivity index (χ1v) is 10.0. The highest BCUT2D eigenvalue weighted by Gasteiger charge is 2.41. The molecule has 0 spiro atoms. The first-order chi connectivity index (χ1) is 13.2. The molecule has 0 aliphatic heterocycles. The summed E-state index contributed by atoms with van der Waals surface area (Å²) in [6, 6.07) is 18.2. The van der Waals surface area contributed by atoms with E-state index in [1.165, 1.54) is 14.2 Å². The standard InChI is InChI=1S/C16H16O3.4C2H6/c1-18-16(19-2,14-11-7-4-8-12-14)15(17)13-9-5-3-6-10-13;4*1-2/h3-12H,1-2H3;4*1-2H3. The number of methoxy groups -OCH3 is 2. The predicted octanol–water partition coefficient (Wildman–Crippen LogP) is 7.12. The van der Waals surface area contributed by atoms with E-state index in [-0.39, 0.29) is 5.78 Å². The normalized spacial score (nSPS) is 8.81. The summed E-state index contributed by atoms with van der Waals surface area (Å²) in [7, 11) is 2.94. The monoisotopic (exact) mass is 376 g/mol. The number of carbonyl (C=O) groups excluding carboxylic acids is 1. The highest BCUT2D eigenvalue weighted by atomic mass is 16.7. The summed E-state index contributed by atoms with van der Waals surface area (Å²) in [5, 5.41) is 0. The second-order valence-corrected chi connectivity index (χ2v) is 4.09. The fraction of sp³-hybridized carbons (Fsp3) is 0.458. The number of Topliss-reactive ketones (excluding diaryl/α,β-unsaturated/α-hetero) is 1. The van der Waals surface area contributed by atoms with Crippen LogP contribution in [0, 0.1) is 0 Å². The maximum absolute atomic E-state index is 12.7. The third-order valence-corrected chi connectivity index (χ3v) is 3.06. The molecule has 3 heteroatoms. The third kappa shape index (κ3) is 8.98. The lowest BCUT2D eigenvalue weighted by atomic mass is 9.96. The van der Waals surface area contributed by atoms with Crippen LogP contribution < -0.4 is 0 Å². The molecule has 0 aliphatic rings. The van der Waals surface area contributed by atoms with Crippen molar-refractivity contribution in [2.75, 3.05) is 14.2 Å². The fourth-order valence-corrected chi connectivity index (χ4v) is 2.07. The molecule has 2 aromatic carbocycles. The van der Waals surface area contributed by atoms with Crippen molar-refractivity contribution in [3.05, 3.63) is 71.8 Å². The van der Waals surface area contributed by atoms with Crippen molar-refractivity contribution in [3.63, 3.8) is 0 Å². The van der Waals surface area contributed by atoms with Crippen molar-refractivity contribution >= 4 is 5.78 Å². The van der Waals surface area contributed by atoms with Gasteiger partial charge in [0, 0.05) is 25.3 Å². The fourth-order valence-electron chi connectivity index (χ4n) is 2.07. The summed E-state index contributed by atoms with van der Waals surface area (Å²) in [5.41, 5.74) is 1.23. The largest absolute Gasteiger partial charge is 0.343 e. The number of hydrogen-bond acceptors (Lipinski definition) is 3. The van der Waals surface area contributed by atoms with Gasteiger partial charge in [0.1, 0.15) is 0 Å². The minimum absolute atomic E-state index is 0.218. The Hall–Kier alpha value is -1.97. The van der Waals surface area contributed by atoms with Gasteiger partial charge in [-0.1, -0.05) is 116 Å². The molecule has 3 nitrogen and oxygen atoms in total. The Kier molecular flexibility index (Phi) is 22.4. The summed E-state index contributed by atoms with van der Waals surface area (Å²) in [5.74, 6) is -1.62. The van der Waals surface area contributed by atoms with E-state index in [2.05, 4.69) is 0 Å². The van der Waals surface area contributed by atoms with Crippen molar-refractivity contribution in [2.24, 2.45) is 0 Å². The number of carbonyl (C=O) groups is 1. The molecule has 2 rings (SSSR count). The van der Waals surface area contributed by atoms with Gasteiger partial charge in [-0.2, -0.15) is 0 Å². The van der Waals surface area contributed by atoms with E-state index < -0.39 is 5.79 Å². The van der Waals surface area contributed by atoms with E-state index in [0.717, 1.165) is 0 Å². The molecule has 0 radical (unpaired) electrons.